The highest BCUT2D eigenvalue weighted by Crippen LogP contribution is 2.26. The number of anilines is 1. The number of alkyl halides is 2. The third-order valence-corrected chi connectivity index (χ3v) is 1.95. The lowest BCUT2D eigenvalue weighted by Gasteiger charge is -2.09. The molecule has 0 aromatic heterocycles. The van der Waals surface area contributed by atoms with Gasteiger partial charge < -0.3 is 10.1 Å². The molecule has 0 amide bonds. The minimum Gasteiger partial charge on any atom is -0.497 e. The first-order chi connectivity index (χ1) is 6.63. The molecule has 1 aromatic rings. The Labute approximate surface area is 85.8 Å². The van der Waals surface area contributed by atoms with Gasteiger partial charge in [0, 0.05) is 6.07 Å². The van der Waals surface area contributed by atoms with Gasteiger partial charge >= 0.3 is 0 Å². The molecule has 2 nitrogen and oxygen atoms in total. The van der Waals surface area contributed by atoms with Gasteiger partial charge in [0.1, 0.15) is 5.75 Å². The van der Waals surface area contributed by atoms with E-state index in [1.165, 1.54) is 7.11 Å². The van der Waals surface area contributed by atoms with Crippen LogP contribution < -0.4 is 10.1 Å². The molecule has 1 N–H and O–H groups in total. The average Bonchev–Trinajstić information content (AvgIpc) is 2.16. The molecular formula is C9H10ClF2NO. The van der Waals surface area contributed by atoms with Gasteiger partial charge in [-0.05, 0) is 12.1 Å². The van der Waals surface area contributed by atoms with Gasteiger partial charge in [0.15, 0.2) is 0 Å². The molecule has 0 aliphatic heterocycles. The molecule has 14 heavy (non-hydrogen) atoms. The van der Waals surface area contributed by atoms with Gasteiger partial charge in [-0.1, -0.05) is 11.6 Å². The largest absolute Gasteiger partial charge is 0.497 e. The molecule has 1 aromatic carbocycles. The van der Waals surface area contributed by atoms with E-state index >= 15 is 0 Å². The van der Waals surface area contributed by atoms with Crippen molar-refractivity contribution in [1.82, 2.24) is 0 Å². The summed E-state index contributed by atoms with van der Waals surface area (Å²) < 4.78 is 28.7. The highest BCUT2D eigenvalue weighted by molar-refractivity contribution is 6.33. The van der Waals surface area contributed by atoms with E-state index in [4.69, 9.17) is 16.3 Å². The Bertz CT molecular complexity index is 307. The predicted octanol–water partition coefficient (Wildman–Crippen LogP) is 3.03. The second-order valence-corrected chi connectivity index (χ2v) is 3.02. The average molecular weight is 222 g/mol. The molecule has 0 heterocycles. The van der Waals surface area contributed by atoms with Crippen molar-refractivity contribution in [2.24, 2.45) is 0 Å². The zero-order chi connectivity index (χ0) is 10.6. The van der Waals surface area contributed by atoms with E-state index in [0.29, 0.717) is 16.5 Å². The van der Waals surface area contributed by atoms with Crippen LogP contribution in [0.2, 0.25) is 5.02 Å². The van der Waals surface area contributed by atoms with Crippen LogP contribution in [-0.4, -0.2) is 20.1 Å². The first kappa shape index (κ1) is 11.0. The molecule has 1 rings (SSSR count). The van der Waals surface area contributed by atoms with Crippen LogP contribution in [0.25, 0.3) is 0 Å². The van der Waals surface area contributed by atoms with E-state index in [9.17, 15) is 8.78 Å². The summed E-state index contributed by atoms with van der Waals surface area (Å²) in [7, 11) is 1.50. The van der Waals surface area contributed by atoms with Crippen molar-refractivity contribution in [3.63, 3.8) is 0 Å². The normalized spacial score (nSPS) is 10.4. The number of benzene rings is 1. The standard InChI is InChI=1S/C9H10ClF2NO/c1-14-6-2-3-7(10)8(4-6)13-5-9(11)12/h2-4,9,13H,5H2,1H3. The van der Waals surface area contributed by atoms with Crippen molar-refractivity contribution in [3.05, 3.63) is 23.2 Å². The number of methoxy groups -OCH3 is 1. The smallest absolute Gasteiger partial charge is 0.255 e. The summed E-state index contributed by atoms with van der Waals surface area (Å²) in [5, 5.41) is 2.92. The fraction of sp³-hybridized carbons (Fsp3) is 0.333. The molecule has 0 bridgehead atoms. The van der Waals surface area contributed by atoms with Crippen molar-refractivity contribution < 1.29 is 13.5 Å². The van der Waals surface area contributed by atoms with Crippen molar-refractivity contribution in [2.45, 2.75) is 6.43 Å². The van der Waals surface area contributed by atoms with E-state index in [0.717, 1.165) is 0 Å². The summed E-state index contributed by atoms with van der Waals surface area (Å²) in [4.78, 5) is 0. The minimum atomic E-state index is -2.41. The second kappa shape index (κ2) is 5.00. The molecule has 0 atom stereocenters. The van der Waals surface area contributed by atoms with Gasteiger partial charge in [-0.2, -0.15) is 0 Å². The molecule has 78 valence electrons. The number of hydrogen-bond donors (Lipinski definition) is 1. The molecule has 0 aliphatic carbocycles. The molecule has 0 fully saturated rings. The van der Waals surface area contributed by atoms with Crippen LogP contribution in [0.4, 0.5) is 14.5 Å². The summed E-state index contributed by atoms with van der Waals surface area (Å²) >= 11 is 5.77. The number of nitrogens with one attached hydrogen (secondary N) is 1. The van der Waals surface area contributed by atoms with Gasteiger partial charge in [-0.15, -0.1) is 0 Å². The highest BCUT2D eigenvalue weighted by atomic mass is 35.5. The van der Waals surface area contributed by atoms with E-state index in [-0.39, 0.29) is 0 Å². The van der Waals surface area contributed by atoms with Crippen molar-refractivity contribution in [2.75, 3.05) is 19.0 Å². The maximum Gasteiger partial charge on any atom is 0.255 e. The van der Waals surface area contributed by atoms with E-state index in [2.05, 4.69) is 5.32 Å². The lowest BCUT2D eigenvalue weighted by atomic mass is 10.3. The first-order valence-corrected chi connectivity index (χ1v) is 4.37. The molecule has 0 unspecified atom stereocenters. The van der Waals surface area contributed by atoms with Crippen LogP contribution in [0, 0.1) is 0 Å². The Hall–Kier alpha value is -1.03. The van der Waals surface area contributed by atoms with Gasteiger partial charge in [0.05, 0.1) is 24.4 Å². The van der Waals surface area contributed by atoms with E-state index in [1.807, 2.05) is 0 Å². The van der Waals surface area contributed by atoms with Crippen LogP contribution in [-0.2, 0) is 0 Å². The van der Waals surface area contributed by atoms with Crippen LogP contribution >= 0.6 is 11.6 Å². The summed E-state index contributed by atoms with van der Waals surface area (Å²) in [5.41, 5.74) is 0.450. The summed E-state index contributed by atoms with van der Waals surface area (Å²) in [6, 6.07) is 4.83. The zero-order valence-corrected chi connectivity index (χ0v) is 8.31. The van der Waals surface area contributed by atoms with Gasteiger partial charge in [0.2, 0.25) is 0 Å². The van der Waals surface area contributed by atoms with Crippen molar-refractivity contribution in [3.8, 4) is 5.75 Å². The second-order valence-electron chi connectivity index (χ2n) is 2.62. The molecule has 5 heteroatoms. The fourth-order valence-corrected chi connectivity index (χ4v) is 1.14. The fourth-order valence-electron chi connectivity index (χ4n) is 0.954. The van der Waals surface area contributed by atoms with Crippen molar-refractivity contribution in [1.29, 1.82) is 0 Å². The number of hydrogen-bond acceptors (Lipinski definition) is 2. The van der Waals surface area contributed by atoms with E-state index in [1.54, 1.807) is 18.2 Å². The zero-order valence-electron chi connectivity index (χ0n) is 7.56. The Kier molecular flexibility index (Phi) is 3.95. The van der Waals surface area contributed by atoms with Crippen LogP contribution in [0.1, 0.15) is 0 Å². The molecule has 0 radical (unpaired) electrons. The molecule has 0 saturated heterocycles. The number of halogens is 3. The first-order valence-electron chi connectivity index (χ1n) is 3.99. The maximum absolute atomic E-state index is 11.9. The van der Waals surface area contributed by atoms with Crippen molar-refractivity contribution >= 4 is 17.3 Å². The van der Waals surface area contributed by atoms with E-state index < -0.39 is 13.0 Å². The lowest BCUT2D eigenvalue weighted by Crippen LogP contribution is -2.10. The Morgan fingerprint density at radius 2 is 2.21 bits per heavy atom. The SMILES string of the molecule is COc1ccc(Cl)c(NCC(F)F)c1. The number of ether oxygens (including phenoxy) is 1. The molecule has 0 spiro atoms. The Morgan fingerprint density at radius 1 is 1.50 bits per heavy atom. The van der Waals surface area contributed by atoms with Gasteiger partial charge in [-0.25, -0.2) is 8.78 Å². The monoisotopic (exact) mass is 221 g/mol. The maximum atomic E-state index is 11.9. The Morgan fingerprint density at radius 3 is 2.79 bits per heavy atom. The molecule has 0 saturated carbocycles. The molecule has 0 aliphatic rings. The van der Waals surface area contributed by atoms with Gasteiger partial charge in [-0.3, -0.25) is 0 Å². The topological polar surface area (TPSA) is 21.3 Å². The summed E-state index contributed by atoms with van der Waals surface area (Å²) in [6.07, 6.45) is -2.41. The Balaban J connectivity index is 2.73. The summed E-state index contributed by atoms with van der Waals surface area (Å²) in [6.45, 7) is -0.424. The van der Waals surface area contributed by atoms with Crippen LogP contribution in [0.5, 0.6) is 5.75 Å². The summed E-state index contributed by atoms with van der Waals surface area (Å²) in [5.74, 6) is 0.575. The quantitative estimate of drug-likeness (QED) is 0.844. The number of rotatable bonds is 4. The minimum absolute atomic E-state index is 0.395. The third-order valence-electron chi connectivity index (χ3n) is 1.62. The van der Waals surface area contributed by atoms with Crippen LogP contribution in [0.3, 0.4) is 0 Å². The molecular weight excluding hydrogens is 212 g/mol. The van der Waals surface area contributed by atoms with Crippen LogP contribution in [0.15, 0.2) is 18.2 Å². The lowest BCUT2D eigenvalue weighted by molar-refractivity contribution is 0.163. The highest BCUT2D eigenvalue weighted by Gasteiger charge is 2.05. The van der Waals surface area contributed by atoms with Gasteiger partial charge in [0.25, 0.3) is 6.43 Å². The third kappa shape index (κ3) is 3.03. The predicted molar refractivity (Wildman–Crippen MR) is 52.5 cm³/mol.